The maximum atomic E-state index is 12.3. The first-order valence-corrected chi connectivity index (χ1v) is 7.38. The Bertz CT molecular complexity index is 769. The zero-order valence-corrected chi connectivity index (χ0v) is 12.7. The number of hydrazone groups is 1. The molecule has 2 aromatic carbocycles. The van der Waals surface area contributed by atoms with Crippen molar-refractivity contribution in [3.63, 3.8) is 0 Å². The summed E-state index contributed by atoms with van der Waals surface area (Å²) in [5.41, 5.74) is 1.88. The Morgan fingerprint density at radius 3 is 2.61 bits per heavy atom. The number of esters is 1. The van der Waals surface area contributed by atoms with Crippen LogP contribution >= 0.6 is 0 Å². The second-order valence-corrected chi connectivity index (χ2v) is 5.29. The maximum Gasteiger partial charge on any atom is 0.359 e. The van der Waals surface area contributed by atoms with Gasteiger partial charge in [-0.15, -0.1) is 0 Å². The van der Waals surface area contributed by atoms with Crippen LogP contribution in [0.4, 0.5) is 5.69 Å². The normalized spacial score (nSPS) is 14.4. The first-order chi connectivity index (χ1) is 11.1. The van der Waals surface area contributed by atoms with Gasteiger partial charge in [0.25, 0.3) is 0 Å². The molecule has 0 saturated carbocycles. The Morgan fingerprint density at radius 2 is 1.87 bits per heavy atom. The van der Waals surface area contributed by atoms with Crippen LogP contribution in [0.2, 0.25) is 0 Å². The second-order valence-electron chi connectivity index (χ2n) is 5.29. The number of nitrogens with zero attached hydrogens (tertiary/aromatic N) is 2. The van der Waals surface area contributed by atoms with Crippen molar-refractivity contribution in [2.24, 2.45) is 5.10 Å². The van der Waals surface area contributed by atoms with Crippen LogP contribution in [0.1, 0.15) is 18.4 Å². The average molecular weight is 308 g/mol. The number of carbonyl (C=O) groups excluding carboxylic acids is 2. The molecule has 0 bridgehead atoms. The third-order valence-electron chi connectivity index (χ3n) is 3.47. The molecule has 23 heavy (non-hydrogen) atoms. The second kappa shape index (κ2) is 6.44. The van der Waals surface area contributed by atoms with Crippen LogP contribution in [0.25, 0.3) is 0 Å². The summed E-state index contributed by atoms with van der Waals surface area (Å²) in [6.45, 7) is 1.92. The molecule has 116 valence electrons. The summed E-state index contributed by atoms with van der Waals surface area (Å²) in [6, 6.07) is 16.3. The lowest BCUT2D eigenvalue weighted by Crippen LogP contribution is -2.35. The van der Waals surface area contributed by atoms with Gasteiger partial charge in [-0.2, -0.15) is 5.10 Å². The highest BCUT2D eigenvalue weighted by molar-refractivity contribution is 6.38. The Balaban J connectivity index is 1.81. The first kappa shape index (κ1) is 15.0. The molecule has 0 aliphatic carbocycles. The van der Waals surface area contributed by atoms with Crippen LogP contribution in [0, 0.1) is 6.92 Å². The van der Waals surface area contributed by atoms with Gasteiger partial charge in [-0.05, 0) is 36.8 Å². The largest absolute Gasteiger partial charge is 0.422 e. The molecule has 2 aromatic rings. The first-order valence-electron chi connectivity index (χ1n) is 7.38. The van der Waals surface area contributed by atoms with Crippen LogP contribution in [-0.4, -0.2) is 17.6 Å². The van der Waals surface area contributed by atoms with Crippen LogP contribution in [0.3, 0.4) is 0 Å². The van der Waals surface area contributed by atoms with Crippen molar-refractivity contribution in [2.45, 2.75) is 19.8 Å². The number of hydrogen-bond donors (Lipinski definition) is 0. The van der Waals surface area contributed by atoms with Gasteiger partial charge < -0.3 is 4.74 Å². The molecule has 5 nitrogen and oxygen atoms in total. The van der Waals surface area contributed by atoms with Crippen LogP contribution in [-0.2, 0) is 9.59 Å². The summed E-state index contributed by atoms with van der Waals surface area (Å²) in [5.74, 6) is -0.187. The van der Waals surface area contributed by atoms with E-state index >= 15 is 0 Å². The molecule has 0 atom stereocenters. The Hall–Kier alpha value is -2.95. The van der Waals surface area contributed by atoms with E-state index in [9.17, 15) is 9.59 Å². The van der Waals surface area contributed by atoms with Crippen LogP contribution in [0.15, 0.2) is 59.7 Å². The molecule has 3 rings (SSSR count). The Kier molecular flexibility index (Phi) is 4.19. The van der Waals surface area contributed by atoms with Gasteiger partial charge in [-0.25, -0.2) is 9.80 Å². The zero-order valence-electron chi connectivity index (χ0n) is 12.7. The monoisotopic (exact) mass is 308 g/mol. The number of rotatable bonds is 3. The van der Waals surface area contributed by atoms with Gasteiger partial charge >= 0.3 is 5.97 Å². The molecule has 0 saturated heterocycles. The number of hydrogen-bond acceptors (Lipinski definition) is 4. The SMILES string of the molecule is Cc1cccc(OC(=O)C2=NN(c3ccccc3)C(=O)CC2)c1. The molecular formula is C18H16N2O3. The predicted molar refractivity (Wildman–Crippen MR) is 87.4 cm³/mol. The van der Waals surface area contributed by atoms with Gasteiger partial charge in [0.1, 0.15) is 11.5 Å². The lowest BCUT2D eigenvalue weighted by atomic mass is 10.1. The van der Waals surface area contributed by atoms with Crippen molar-refractivity contribution in [1.82, 2.24) is 0 Å². The van der Waals surface area contributed by atoms with Crippen molar-refractivity contribution in [2.75, 3.05) is 5.01 Å². The van der Waals surface area contributed by atoms with E-state index in [1.54, 1.807) is 24.3 Å². The molecule has 0 aromatic heterocycles. The summed E-state index contributed by atoms with van der Waals surface area (Å²) in [5, 5.41) is 5.44. The third kappa shape index (κ3) is 3.45. The fourth-order valence-electron chi connectivity index (χ4n) is 2.32. The molecular weight excluding hydrogens is 292 g/mol. The highest BCUT2D eigenvalue weighted by Gasteiger charge is 2.26. The number of anilines is 1. The lowest BCUT2D eigenvalue weighted by Gasteiger charge is -2.22. The van der Waals surface area contributed by atoms with Gasteiger partial charge in [0.15, 0.2) is 0 Å². The van der Waals surface area contributed by atoms with E-state index in [0.717, 1.165) is 5.56 Å². The fourth-order valence-corrected chi connectivity index (χ4v) is 2.32. The lowest BCUT2D eigenvalue weighted by molar-refractivity contribution is -0.127. The molecule has 0 unspecified atom stereocenters. The van der Waals surface area contributed by atoms with Gasteiger partial charge in [0.2, 0.25) is 5.91 Å². The molecule has 1 aliphatic rings. The number of ether oxygens (including phenoxy) is 1. The number of amides is 1. The maximum absolute atomic E-state index is 12.3. The zero-order chi connectivity index (χ0) is 16.2. The van der Waals surface area contributed by atoms with Crippen LogP contribution < -0.4 is 9.75 Å². The summed E-state index contributed by atoms with van der Waals surface area (Å²) in [4.78, 5) is 24.3. The van der Waals surface area contributed by atoms with Crippen molar-refractivity contribution < 1.29 is 14.3 Å². The fraction of sp³-hybridized carbons (Fsp3) is 0.167. The Morgan fingerprint density at radius 1 is 1.09 bits per heavy atom. The van der Waals surface area contributed by atoms with E-state index in [-0.39, 0.29) is 24.5 Å². The molecule has 0 spiro atoms. The van der Waals surface area contributed by atoms with Crippen molar-refractivity contribution in [1.29, 1.82) is 0 Å². The van der Waals surface area contributed by atoms with Crippen LogP contribution in [0.5, 0.6) is 5.75 Å². The summed E-state index contributed by atoms with van der Waals surface area (Å²) in [6.07, 6.45) is 0.517. The molecule has 1 heterocycles. The topological polar surface area (TPSA) is 59.0 Å². The number of aryl methyl sites for hydroxylation is 1. The summed E-state index contributed by atoms with van der Waals surface area (Å²) >= 11 is 0. The minimum absolute atomic E-state index is 0.136. The minimum atomic E-state index is -0.524. The van der Waals surface area contributed by atoms with E-state index in [2.05, 4.69) is 5.10 Å². The van der Waals surface area contributed by atoms with Gasteiger partial charge in [-0.3, -0.25) is 4.79 Å². The number of carbonyl (C=O) groups is 2. The molecule has 0 radical (unpaired) electrons. The van der Waals surface area contributed by atoms with Crippen molar-refractivity contribution in [3.8, 4) is 5.75 Å². The third-order valence-corrected chi connectivity index (χ3v) is 3.47. The van der Waals surface area contributed by atoms with E-state index in [0.29, 0.717) is 11.4 Å². The van der Waals surface area contributed by atoms with Gasteiger partial charge in [-0.1, -0.05) is 30.3 Å². The number of benzene rings is 2. The van der Waals surface area contributed by atoms with E-state index in [1.165, 1.54) is 5.01 Å². The molecule has 1 amide bonds. The van der Waals surface area contributed by atoms with E-state index < -0.39 is 5.97 Å². The van der Waals surface area contributed by atoms with Crippen molar-refractivity contribution >= 4 is 23.3 Å². The molecule has 0 fully saturated rings. The predicted octanol–water partition coefficient (Wildman–Crippen LogP) is 3.08. The number of para-hydroxylation sites is 1. The minimum Gasteiger partial charge on any atom is -0.422 e. The van der Waals surface area contributed by atoms with E-state index in [1.807, 2.05) is 37.3 Å². The summed E-state index contributed by atoms with van der Waals surface area (Å²) < 4.78 is 5.35. The van der Waals surface area contributed by atoms with Gasteiger partial charge in [0, 0.05) is 12.8 Å². The summed E-state index contributed by atoms with van der Waals surface area (Å²) in [7, 11) is 0. The molecule has 1 aliphatic heterocycles. The molecule has 5 heteroatoms. The smallest absolute Gasteiger partial charge is 0.359 e. The Labute approximate surface area is 134 Å². The average Bonchev–Trinajstić information content (AvgIpc) is 2.56. The van der Waals surface area contributed by atoms with E-state index in [4.69, 9.17) is 4.74 Å². The standard InChI is InChI=1S/C18H16N2O3/c1-13-6-5-9-15(12-13)23-18(22)16-10-11-17(21)20(19-16)14-7-3-2-4-8-14/h2-9,12H,10-11H2,1H3. The van der Waals surface area contributed by atoms with Gasteiger partial charge in [0.05, 0.1) is 5.69 Å². The highest BCUT2D eigenvalue weighted by atomic mass is 16.5. The van der Waals surface area contributed by atoms with Crippen molar-refractivity contribution in [3.05, 3.63) is 60.2 Å². The highest BCUT2D eigenvalue weighted by Crippen LogP contribution is 2.20. The quantitative estimate of drug-likeness (QED) is 0.646. The molecule has 0 N–H and O–H groups in total.